The average Bonchev–Trinajstić information content (AvgIpc) is 2.48. The third-order valence-corrected chi connectivity index (χ3v) is 2.81. The molecule has 1 heterocycles. The summed E-state index contributed by atoms with van der Waals surface area (Å²) < 4.78 is 0. The highest BCUT2D eigenvalue weighted by atomic mass is 16.6. The smallest absolute Gasteiger partial charge is 0.330 e. The highest BCUT2D eigenvalue weighted by Gasteiger charge is 2.22. The van der Waals surface area contributed by atoms with Crippen LogP contribution in [0.2, 0.25) is 0 Å². The van der Waals surface area contributed by atoms with E-state index in [0.717, 1.165) is 5.69 Å². The maximum atomic E-state index is 11.2. The van der Waals surface area contributed by atoms with E-state index < -0.39 is 4.92 Å². The van der Waals surface area contributed by atoms with Gasteiger partial charge in [0.15, 0.2) is 0 Å². The van der Waals surface area contributed by atoms with E-state index in [1.54, 1.807) is 11.9 Å². The van der Waals surface area contributed by atoms with E-state index in [9.17, 15) is 10.1 Å². The SMILES string of the molecule is CCN(c1ccccc1)c1nc(NC)ncc1[N+](=O)[O-]. The fourth-order valence-electron chi connectivity index (χ4n) is 1.88. The summed E-state index contributed by atoms with van der Waals surface area (Å²) in [7, 11) is 1.67. The Morgan fingerprint density at radius 2 is 2.05 bits per heavy atom. The van der Waals surface area contributed by atoms with Crippen LogP contribution in [0.4, 0.5) is 23.1 Å². The van der Waals surface area contributed by atoms with Crippen molar-refractivity contribution in [3.63, 3.8) is 0 Å². The third-order valence-electron chi connectivity index (χ3n) is 2.81. The molecule has 0 saturated heterocycles. The summed E-state index contributed by atoms with van der Waals surface area (Å²) in [4.78, 5) is 20.6. The number of anilines is 3. The molecule has 0 radical (unpaired) electrons. The summed E-state index contributed by atoms with van der Waals surface area (Å²) >= 11 is 0. The second kappa shape index (κ2) is 5.96. The van der Waals surface area contributed by atoms with Crippen molar-refractivity contribution in [1.82, 2.24) is 9.97 Å². The van der Waals surface area contributed by atoms with Gasteiger partial charge in [0.05, 0.1) is 4.92 Å². The molecule has 0 spiro atoms. The van der Waals surface area contributed by atoms with Gasteiger partial charge in [-0.2, -0.15) is 4.98 Å². The topological polar surface area (TPSA) is 84.2 Å². The van der Waals surface area contributed by atoms with E-state index in [-0.39, 0.29) is 11.5 Å². The van der Waals surface area contributed by atoms with Crippen LogP contribution in [0.25, 0.3) is 0 Å². The van der Waals surface area contributed by atoms with Crippen LogP contribution < -0.4 is 10.2 Å². The highest BCUT2D eigenvalue weighted by Crippen LogP contribution is 2.31. The maximum Gasteiger partial charge on any atom is 0.330 e. The zero-order valence-corrected chi connectivity index (χ0v) is 11.3. The molecule has 7 nitrogen and oxygen atoms in total. The molecule has 0 bridgehead atoms. The number of nitro groups is 1. The molecule has 2 rings (SSSR count). The van der Waals surface area contributed by atoms with Crippen LogP contribution in [0.15, 0.2) is 36.5 Å². The van der Waals surface area contributed by atoms with Crippen LogP contribution in [0, 0.1) is 10.1 Å². The van der Waals surface area contributed by atoms with E-state index in [1.807, 2.05) is 37.3 Å². The first-order valence-electron chi connectivity index (χ1n) is 6.19. The monoisotopic (exact) mass is 273 g/mol. The van der Waals surface area contributed by atoms with Gasteiger partial charge in [-0.25, -0.2) is 4.98 Å². The van der Waals surface area contributed by atoms with Crippen molar-refractivity contribution < 1.29 is 4.92 Å². The van der Waals surface area contributed by atoms with Crippen molar-refractivity contribution >= 4 is 23.1 Å². The largest absolute Gasteiger partial charge is 0.357 e. The van der Waals surface area contributed by atoms with E-state index in [0.29, 0.717) is 12.5 Å². The van der Waals surface area contributed by atoms with Crippen LogP contribution in [-0.2, 0) is 0 Å². The molecule has 2 aromatic rings. The lowest BCUT2D eigenvalue weighted by molar-refractivity contribution is -0.384. The maximum absolute atomic E-state index is 11.2. The van der Waals surface area contributed by atoms with Gasteiger partial charge in [-0.15, -0.1) is 0 Å². The van der Waals surface area contributed by atoms with Crippen LogP contribution in [0.3, 0.4) is 0 Å². The first-order chi connectivity index (χ1) is 9.67. The molecule has 0 aliphatic heterocycles. The van der Waals surface area contributed by atoms with Gasteiger partial charge in [-0.1, -0.05) is 18.2 Å². The molecule has 0 aliphatic rings. The van der Waals surface area contributed by atoms with Crippen molar-refractivity contribution in [3.05, 3.63) is 46.6 Å². The predicted molar refractivity (Wildman–Crippen MR) is 77.4 cm³/mol. The number of nitrogens with zero attached hydrogens (tertiary/aromatic N) is 4. The standard InChI is InChI=1S/C13H15N5O2/c1-3-17(10-7-5-4-6-8-10)12-11(18(19)20)9-15-13(14-2)16-12/h4-9H,3H2,1-2H3,(H,14,15,16). The first kappa shape index (κ1) is 13.7. The van der Waals surface area contributed by atoms with E-state index in [1.165, 1.54) is 6.20 Å². The molecule has 0 fully saturated rings. The summed E-state index contributed by atoms with van der Waals surface area (Å²) in [5.74, 6) is 0.628. The van der Waals surface area contributed by atoms with E-state index in [2.05, 4.69) is 15.3 Å². The lowest BCUT2D eigenvalue weighted by Crippen LogP contribution is -2.19. The second-order valence-electron chi connectivity index (χ2n) is 3.99. The molecule has 1 aromatic carbocycles. The van der Waals surface area contributed by atoms with Crippen molar-refractivity contribution in [2.75, 3.05) is 23.8 Å². The minimum atomic E-state index is -0.472. The lowest BCUT2D eigenvalue weighted by atomic mass is 10.2. The van der Waals surface area contributed by atoms with Crippen molar-refractivity contribution in [2.45, 2.75) is 6.92 Å². The molecular weight excluding hydrogens is 258 g/mol. The summed E-state index contributed by atoms with van der Waals surface area (Å²) in [6.07, 6.45) is 1.22. The number of para-hydroxylation sites is 1. The molecule has 0 atom stereocenters. The van der Waals surface area contributed by atoms with Gasteiger partial charge in [0.1, 0.15) is 6.20 Å². The van der Waals surface area contributed by atoms with Gasteiger partial charge in [-0.05, 0) is 19.1 Å². The molecule has 1 N–H and O–H groups in total. The molecule has 1 aromatic heterocycles. The van der Waals surface area contributed by atoms with Crippen molar-refractivity contribution in [3.8, 4) is 0 Å². The Morgan fingerprint density at radius 1 is 1.35 bits per heavy atom. The number of nitrogens with one attached hydrogen (secondary N) is 1. The van der Waals surface area contributed by atoms with Crippen molar-refractivity contribution in [1.29, 1.82) is 0 Å². The minimum Gasteiger partial charge on any atom is -0.357 e. The number of hydrogen-bond acceptors (Lipinski definition) is 6. The van der Waals surface area contributed by atoms with E-state index in [4.69, 9.17) is 0 Å². The Kier molecular flexibility index (Phi) is 4.09. The number of hydrogen-bond donors (Lipinski definition) is 1. The Balaban J connectivity index is 2.55. The fourth-order valence-corrected chi connectivity index (χ4v) is 1.88. The third kappa shape index (κ3) is 2.66. The van der Waals surface area contributed by atoms with Gasteiger partial charge >= 0.3 is 5.69 Å². The highest BCUT2D eigenvalue weighted by molar-refractivity contribution is 5.68. The van der Waals surface area contributed by atoms with Gasteiger partial charge in [0.25, 0.3) is 0 Å². The van der Waals surface area contributed by atoms with Crippen LogP contribution in [0.1, 0.15) is 6.92 Å². The van der Waals surface area contributed by atoms with Crippen LogP contribution in [0.5, 0.6) is 0 Å². The van der Waals surface area contributed by atoms with Crippen LogP contribution >= 0.6 is 0 Å². The molecule has 0 amide bonds. The zero-order valence-electron chi connectivity index (χ0n) is 11.3. The molecule has 0 aliphatic carbocycles. The summed E-state index contributed by atoms with van der Waals surface area (Å²) in [6, 6.07) is 9.42. The van der Waals surface area contributed by atoms with Gasteiger partial charge in [0.2, 0.25) is 11.8 Å². The molecule has 20 heavy (non-hydrogen) atoms. The normalized spacial score (nSPS) is 10.1. The average molecular weight is 273 g/mol. The Labute approximate surface area is 116 Å². The summed E-state index contributed by atoms with van der Waals surface area (Å²) in [6.45, 7) is 2.48. The summed E-state index contributed by atoms with van der Waals surface area (Å²) in [5.41, 5.74) is 0.730. The molecule has 104 valence electrons. The fraction of sp³-hybridized carbons (Fsp3) is 0.231. The number of aromatic nitrogens is 2. The van der Waals surface area contributed by atoms with E-state index >= 15 is 0 Å². The Hall–Kier alpha value is -2.70. The number of benzene rings is 1. The molecular formula is C13H15N5O2. The molecule has 0 saturated carbocycles. The predicted octanol–water partition coefficient (Wildman–Crippen LogP) is 2.58. The van der Waals surface area contributed by atoms with Gasteiger partial charge in [0, 0.05) is 19.3 Å². The quantitative estimate of drug-likeness (QED) is 0.665. The molecule has 0 unspecified atom stereocenters. The van der Waals surface area contributed by atoms with Gasteiger partial charge < -0.3 is 10.2 Å². The minimum absolute atomic E-state index is 0.116. The molecule has 7 heteroatoms. The summed E-state index contributed by atoms with van der Waals surface area (Å²) in [5, 5.41) is 13.9. The van der Waals surface area contributed by atoms with Crippen LogP contribution in [-0.4, -0.2) is 28.5 Å². The lowest BCUT2D eigenvalue weighted by Gasteiger charge is -2.21. The van der Waals surface area contributed by atoms with Crippen molar-refractivity contribution in [2.24, 2.45) is 0 Å². The Morgan fingerprint density at radius 3 is 2.60 bits per heavy atom. The zero-order chi connectivity index (χ0) is 14.5. The first-order valence-corrected chi connectivity index (χ1v) is 6.19. The Bertz CT molecular complexity index is 603. The number of rotatable bonds is 5. The van der Waals surface area contributed by atoms with Gasteiger partial charge in [-0.3, -0.25) is 10.1 Å². The second-order valence-corrected chi connectivity index (χ2v) is 3.99.